The lowest BCUT2D eigenvalue weighted by Gasteiger charge is -2.34. The number of hydrogen-bond acceptors (Lipinski definition) is 7. The molecule has 1 N–H and O–H groups in total. The van der Waals surface area contributed by atoms with Gasteiger partial charge in [-0.15, -0.1) is 5.10 Å². The number of imidazole rings is 1. The first-order chi connectivity index (χ1) is 18.3. The molecule has 1 aliphatic rings. The van der Waals surface area contributed by atoms with Gasteiger partial charge in [-0.25, -0.2) is 27.1 Å². The average Bonchev–Trinajstić information content (AvgIpc) is 3.45. The number of methoxy groups -OCH3 is 2. The van der Waals surface area contributed by atoms with Crippen LogP contribution in [0.4, 0.5) is 23.5 Å². The van der Waals surface area contributed by atoms with E-state index < -0.39 is 31.0 Å². The predicted octanol–water partition coefficient (Wildman–Crippen LogP) is 3.94. The highest BCUT2D eigenvalue weighted by molar-refractivity contribution is 5.90. The number of anilines is 1. The number of halogens is 4. The summed E-state index contributed by atoms with van der Waals surface area (Å²) in [7, 11) is 3.06. The van der Waals surface area contributed by atoms with Crippen molar-refractivity contribution in [3.8, 4) is 17.0 Å². The van der Waals surface area contributed by atoms with Gasteiger partial charge in [0.1, 0.15) is 23.0 Å². The van der Waals surface area contributed by atoms with Crippen LogP contribution in [0.5, 0.6) is 5.88 Å². The Bertz CT molecular complexity index is 1440. The molecule has 5 rings (SSSR count). The van der Waals surface area contributed by atoms with Gasteiger partial charge in [-0.3, -0.25) is 4.90 Å². The van der Waals surface area contributed by atoms with Crippen LogP contribution in [0, 0.1) is 12.7 Å². The molecule has 0 aliphatic carbocycles. The highest BCUT2D eigenvalue weighted by Gasteiger charge is 2.30. The first kappa shape index (κ1) is 26.2. The Kier molecular flexibility index (Phi) is 7.39. The summed E-state index contributed by atoms with van der Waals surface area (Å²) in [5.74, 6) is 0.0670. The molecule has 1 saturated heterocycles. The number of fused-ring (bicyclic) bond motifs is 2. The molecule has 0 radical (unpaired) electrons. The van der Waals surface area contributed by atoms with E-state index in [0.29, 0.717) is 48.6 Å². The van der Waals surface area contributed by atoms with Gasteiger partial charge in [0.25, 0.3) is 6.43 Å². The molecule has 1 fully saturated rings. The van der Waals surface area contributed by atoms with Gasteiger partial charge in [-0.2, -0.15) is 4.98 Å². The number of benzene rings is 1. The normalized spacial score (nSPS) is 18.6. The quantitative estimate of drug-likeness (QED) is 0.325. The third-order valence-corrected chi connectivity index (χ3v) is 6.85. The third kappa shape index (κ3) is 4.99. The number of likely N-dealkylation sites (tertiary alicyclic amines) is 1. The standard InChI is InChI=1S/C25H29F4N7O2/c1-14-30-22-17(26)10-15(11-20(22)35(14)13-21(28)29)16-4-7-36-23(16)24(38-3)32-25(33-36)31-19-5-6-34(8-9-37-2)12-18(19)27/h4,7,10-11,18-19,21H,5-6,8-9,12-13H2,1-3H3,(H,31,33)/t18-,19+/m0/s1. The lowest BCUT2D eigenvalue weighted by Crippen LogP contribution is -2.48. The summed E-state index contributed by atoms with van der Waals surface area (Å²) < 4.78 is 69.7. The number of nitrogens with one attached hydrogen (secondary N) is 1. The minimum absolute atomic E-state index is 0.0270. The Labute approximate surface area is 216 Å². The molecule has 2 atom stereocenters. The topological polar surface area (TPSA) is 81.7 Å². The van der Waals surface area contributed by atoms with Gasteiger partial charge in [-0.05, 0) is 37.1 Å². The minimum atomic E-state index is -2.62. The number of aromatic nitrogens is 5. The van der Waals surface area contributed by atoms with Crippen molar-refractivity contribution < 1.29 is 27.0 Å². The smallest absolute Gasteiger partial charge is 0.256 e. The van der Waals surface area contributed by atoms with E-state index in [0.717, 1.165) is 0 Å². The molecule has 0 spiro atoms. The second-order valence-corrected chi connectivity index (χ2v) is 9.30. The number of alkyl halides is 3. The number of aryl methyl sites for hydroxylation is 1. The van der Waals surface area contributed by atoms with E-state index in [-0.39, 0.29) is 29.4 Å². The maximum Gasteiger partial charge on any atom is 0.256 e. The summed E-state index contributed by atoms with van der Waals surface area (Å²) in [6.07, 6.45) is -1.52. The molecule has 4 aromatic rings. The molecular formula is C25H29F4N7O2. The highest BCUT2D eigenvalue weighted by Crippen LogP contribution is 2.34. The van der Waals surface area contributed by atoms with Crippen molar-refractivity contribution in [2.45, 2.75) is 38.5 Å². The Morgan fingerprint density at radius 2 is 2.03 bits per heavy atom. The van der Waals surface area contributed by atoms with E-state index in [2.05, 4.69) is 20.4 Å². The molecule has 9 nitrogen and oxygen atoms in total. The second-order valence-electron chi connectivity index (χ2n) is 9.30. The minimum Gasteiger partial charge on any atom is -0.479 e. The number of ether oxygens (including phenoxy) is 2. The van der Waals surface area contributed by atoms with E-state index in [1.807, 2.05) is 4.90 Å². The molecule has 3 aromatic heterocycles. The summed E-state index contributed by atoms with van der Waals surface area (Å²) in [5, 5.41) is 7.56. The Morgan fingerprint density at radius 1 is 1.21 bits per heavy atom. The summed E-state index contributed by atoms with van der Waals surface area (Å²) in [4.78, 5) is 10.6. The number of hydrogen-bond donors (Lipinski definition) is 1. The molecule has 0 saturated carbocycles. The van der Waals surface area contributed by atoms with Crippen molar-refractivity contribution in [1.82, 2.24) is 29.0 Å². The van der Waals surface area contributed by atoms with Gasteiger partial charge in [-0.1, -0.05) is 0 Å². The van der Waals surface area contributed by atoms with Crippen molar-refractivity contribution in [3.05, 3.63) is 36.0 Å². The van der Waals surface area contributed by atoms with Crippen molar-refractivity contribution in [2.24, 2.45) is 0 Å². The number of rotatable bonds is 9. The van der Waals surface area contributed by atoms with E-state index in [1.165, 1.54) is 22.3 Å². The Morgan fingerprint density at radius 3 is 2.74 bits per heavy atom. The van der Waals surface area contributed by atoms with E-state index >= 15 is 4.39 Å². The van der Waals surface area contributed by atoms with Crippen LogP contribution in [0.15, 0.2) is 24.4 Å². The summed E-state index contributed by atoms with van der Waals surface area (Å²) in [6, 6.07) is 4.16. The summed E-state index contributed by atoms with van der Waals surface area (Å²) >= 11 is 0. The Hall–Kier alpha value is -3.45. The third-order valence-electron chi connectivity index (χ3n) is 6.85. The number of nitrogens with zero attached hydrogens (tertiary/aromatic N) is 6. The first-order valence-electron chi connectivity index (χ1n) is 12.3. The van der Waals surface area contributed by atoms with Crippen LogP contribution in [0.2, 0.25) is 0 Å². The zero-order valence-corrected chi connectivity index (χ0v) is 21.3. The van der Waals surface area contributed by atoms with Crippen LogP contribution >= 0.6 is 0 Å². The van der Waals surface area contributed by atoms with Gasteiger partial charge in [0.2, 0.25) is 11.8 Å². The molecule has 38 heavy (non-hydrogen) atoms. The van der Waals surface area contributed by atoms with Gasteiger partial charge in [0.15, 0.2) is 5.82 Å². The van der Waals surface area contributed by atoms with Crippen molar-refractivity contribution >= 4 is 22.5 Å². The lowest BCUT2D eigenvalue weighted by molar-refractivity contribution is 0.0918. The average molecular weight is 536 g/mol. The van der Waals surface area contributed by atoms with Crippen molar-refractivity contribution in [2.75, 3.05) is 45.8 Å². The van der Waals surface area contributed by atoms with Crippen LogP contribution in [0.25, 0.3) is 27.7 Å². The fraction of sp³-hybridized carbons (Fsp3) is 0.480. The fourth-order valence-corrected chi connectivity index (χ4v) is 4.97. The maximum absolute atomic E-state index is 15.0. The highest BCUT2D eigenvalue weighted by atomic mass is 19.3. The zero-order valence-electron chi connectivity index (χ0n) is 21.3. The first-order valence-corrected chi connectivity index (χ1v) is 12.3. The number of piperidine rings is 1. The molecule has 0 bridgehead atoms. The van der Waals surface area contributed by atoms with E-state index in [1.54, 1.807) is 32.4 Å². The van der Waals surface area contributed by atoms with Gasteiger partial charge >= 0.3 is 0 Å². The molecule has 1 aromatic carbocycles. The van der Waals surface area contributed by atoms with Gasteiger partial charge < -0.3 is 19.4 Å². The molecule has 1 aliphatic heterocycles. The molecule has 13 heteroatoms. The van der Waals surface area contributed by atoms with Gasteiger partial charge in [0, 0.05) is 38.5 Å². The molecule has 204 valence electrons. The molecular weight excluding hydrogens is 506 g/mol. The molecule has 4 heterocycles. The van der Waals surface area contributed by atoms with Crippen LogP contribution in [-0.2, 0) is 11.3 Å². The molecule has 0 amide bonds. The van der Waals surface area contributed by atoms with Crippen molar-refractivity contribution in [1.29, 1.82) is 0 Å². The monoisotopic (exact) mass is 535 g/mol. The SMILES string of the molecule is COCCN1CC[C@@H](Nc2nc(OC)c3c(-c4cc(F)c5nc(C)n(CC(F)F)c5c4)ccn3n2)[C@@H](F)C1. The molecule has 0 unspecified atom stereocenters. The van der Waals surface area contributed by atoms with Crippen molar-refractivity contribution in [3.63, 3.8) is 0 Å². The van der Waals surface area contributed by atoms with Crippen LogP contribution in [0.1, 0.15) is 12.2 Å². The van der Waals surface area contributed by atoms with Crippen LogP contribution < -0.4 is 10.1 Å². The predicted molar refractivity (Wildman–Crippen MR) is 134 cm³/mol. The lowest BCUT2D eigenvalue weighted by atomic mass is 10.0. The van der Waals surface area contributed by atoms with E-state index in [9.17, 15) is 13.2 Å². The fourth-order valence-electron chi connectivity index (χ4n) is 4.97. The summed E-state index contributed by atoms with van der Waals surface area (Å²) in [5.41, 5.74) is 1.73. The Balaban J connectivity index is 1.47. The van der Waals surface area contributed by atoms with Gasteiger partial charge in [0.05, 0.1) is 31.8 Å². The van der Waals surface area contributed by atoms with E-state index in [4.69, 9.17) is 9.47 Å². The zero-order chi connectivity index (χ0) is 27.0. The maximum atomic E-state index is 15.0. The van der Waals surface area contributed by atoms with Crippen LogP contribution in [-0.4, -0.2) is 88.1 Å². The second kappa shape index (κ2) is 10.7. The summed E-state index contributed by atoms with van der Waals surface area (Å²) in [6.45, 7) is 3.17. The van der Waals surface area contributed by atoms with Crippen LogP contribution in [0.3, 0.4) is 0 Å². The largest absolute Gasteiger partial charge is 0.479 e.